The molecule has 0 saturated heterocycles. The molecule has 0 radical (unpaired) electrons. The predicted molar refractivity (Wildman–Crippen MR) is 86.6 cm³/mol. The van der Waals surface area contributed by atoms with Crippen LogP contribution in [-0.2, 0) is 6.54 Å². The van der Waals surface area contributed by atoms with E-state index in [-0.39, 0.29) is 5.75 Å². The number of hydrogen-bond donors (Lipinski definition) is 2. The maximum Gasteiger partial charge on any atom is 0.141 e. The summed E-state index contributed by atoms with van der Waals surface area (Å²) in [5, 5.41) is 13.5. The lowest BCUT2D eigenvalue weighted by Gasteiger charge is -2.06. The van der Waals surface area contributed by atoms with Crippen molar-refractivity contribution in [2.24, 2.45) is 0 Å². The first-order valence-electron chi connectivity index (χ1n) is 7.24. The summed E-state index contributed by atoms with van der Waals surface area (Å²) in [5.41, 5.74) is 11.0. The van der Waals surface area contributed by atoms with Gasteiger partial charge in [-0.25, -0.2) is 0 Å². The van der Waals surface area contributed by atoms with Crippen molar-refractivity contribution < 1.29 is 9.63 Å². The molecule has 2 aromatic heterocycles. The Labute approximate surface area is 129 Å². The van der Waals surface area contributed by atoms with Gasteiger partial charge in [0.05, 0.1) is 11.3 Å². The van der Waals surface area contributed by atoms with E-state index < -0.39 is 0 Å². The number of nitrogen functional groups attached to an aromatic ring is 1. The fraction of sp³-hybridized carbons (Fsp3) is 0.235. The van der Waals surface area contributed by atoms with Crippen LogP contribution < -0.4 is 5.73 Å². The lowest BCUT2D eigenvalue weighted by Crippen LogP contribution is -1.99. The van der Waals surface area contributed by atoms with Crippen molar-refractivity contribution in [1.82, 2.24) is 9.72 Å². The Morgan fingerprint density at radius 1 is 1.18 bits per heavy atom. The molecule has 5 nitrogen and oxygen atoms in total. The van der Waals surface area contributed by atoms with Crippen LogP contribution in [0.5, 0.6) is 5.75 Å². The van der Waals surface area contributed by atoms with Crippen molar-refractivity contribution in [2.75, 3.05) is 5.73 Å². The van der Waals surface area contributed by atoms with E-state index >= 15 is 0 Å². The van der Waals surface area contributed by atoms with Gasteiger partial charge in [0.1, 0.15) is 17.3 Å². The van der Waals surface area contributed by atoms with Gasteiger partial charge in [-0.3, -0.25) is 0 Å². The summed E-state index contributed by atoms with van der Waals surface area (Å²) in [4.78, 5) is 0. The number of aromatic hydroxyl groups is 1. The third-order valence-electron chi connectivity index (χ3n) is 3.92. The van der Waals surface area contributed by atoms with Crippen molar-refractivity contribution in [3.8, 4) is 28.0 Å². The van der Waals surface area contributed by atoms with Crippen LogP contribution in [0.15, 0.2) is 35.0 Å². The fourth-order valence-electron chi connectivity index (χ4n) is 2.80. The zero-order chi connectivity index (χ0) is 15.9. The van der Waals surface area contributed by atoms with Crippen LogP contribution in [0.2, 0.25) is 0 Å². The molecule has 0 aliphatic heterocycles. The smallest absolute Gasteiger partial charge is 0.141 e. The van der Waals surface area contributed by atoms with Crippen molar-refractivity contribution in [3.05, 3.63) is 41.9 Å². The number of aryl methyl sites for hydroxylation is 3. The van der Waals surface area contributed by atoms with Gasteiger partial charge in [0.25, 0.3) is 0 Å². The van der Waals surface area contributed by atoms with Crippen LogP contribution in [0, 0.1) is 13.8 Å². The van der Waals surface area contributed by atoms with Crippen LogP contribution in [0.4, 0.5) is 5.82 Å². The predicted octanol–water partition coefficient (Wildman–Crippen LogP) is 3.73. The number of aromatic nitrogens is 2. The van der Waals surface area contributed by atoms with E-state index in [0.717, 1.165) is 40.3 Å². The van der Waals surface area contributed by atoms with Gasteiger partial charge in [0.2, 0.25) is 0 Å². The summed E-state index contributed by atoms with van der Waals surface area (Å²) < 4.78 is 7.31. The minimum absolute atomic E-state index is 0.241. The number of nitrogens with zero attached hydrogens (tertiary/aromatic N) is 2. The Morgan fingerprint density at radius 3 is 2.41 bits per heavy atom. The quantitative estimate of drug-likeness (QED) is 0.772. The van der Waals surface area contributed by atoms with E-state index in [2.05, 4.69) is 5.16 Å². The molecule has 3 rings (SSSR count). The number of rotatable bonds is 3. The zero-order valence-corrected chi connectivity index (χ0v) is 12.9. The Hall–Kier alpha value is -2.69. The van der Waals surface area contributed by atoms with Crippen LogP contribution in [0.25, 0.3) is 22.3 Å². The summed E-state index contributed by atoms with van der Waals surface area (Å²) in [6.07, 6.45) is 2.03. The number of phenols is 1. The molecule has 0 atom stereocenters. The summed E-state index contributed by atoms with van der Waals surface area (Å²) in [6, 6.07) is 7.11. The molecular weight excluding hydrogens is 278 g/mol. The second-order valence-electron chi connectivity index (χ2n) is 5.34. The molecule has 1 aromatic carbocycles. The molecular formula is C17H19N3O2. The Kier molecular flexibility index (Phi) is 3.41. The van der Waals surface area contributed by atoms with Gasteiger partial charge in [-0.1, -0.05) is 17.3 Å². The van der Waals surface area contributed by atoms with Crippen LogP contribution >= 0.6 is 0 Å². The minimum atomic E-state index is 0.241. The second-order valence-corrected chi connectivity index (χ2v) is 5.34. The molecule has 114 valence electrons. The van der Waals surface area contributed by atoms with E-state index in [1.807, 2.05) is 43.7 Å². The molecule has 5 heteroatoms. The minimum Gasteiger partial charge on any atom is -0.508 e. The molecule has 0 amide bonds. The van der Waals surface area contributed by atoms with E-state index in [4.69, 9.17) is 10.3 Å². The zero-order valence-electron chi connectivity index (χ0n) is 12.9. The monoisotopic (exact) mass is 297 g/mol. The maximum absolute atomic E-state index is 9.50. The van der Waals surface area contributed by atoms with Gasteiger partial charge in [-0.15, -0.1) is 0 Å². The van der Waals surface area contributed by atoms with Gasteiger partial charge < -0.3 is 19.9 Å². The number of phenolic OH excluding ortho intramolecular Hbond substituents is 1. The van der Waals surface area contributed by atoms with Crippen molar-refractivity contribution >= 4 is 5.82 Å². The van der Waals surface area contributed by atoms with E-state index in [1.54, 1.807) is 12.1 Å². The third-order valence-corrected chi connectivity index (χ3v) is 3.92. The number of nitrogens with two attached hydrogens (primary N) is 1. The second kappa shape index (κ2) is 5.26. The SMILES string of the molecule is CCn1cc(-c2ccc(O)cc2)c(-c2c(C)noc2C)c1N. The standard InChI is InChI=1S/C17H19N3O2/c1-4-20-9-14(12-5-7-13(21)8-6-12)16(17(20)18)15-10(2)19-22-11(15)3/h5-9,21H,4,18H2,1-3H3. The molecule has 0 fully saturated rings. The number of benzene rings is 1. The average molecular weight is 297 g/mol. The molecule has 0 bridgehead atoms. The molecule has 0 unspecified atom stereocenters. The number of hydrogen-bond acceptors (Lipinski definition) is 4. The van der Waals surface area contributed by atoms with Gasteiger partial charge >= 0.3 is 0 Å². The van der Waals surface area contributed by atoms with Crippen molar-refractivity contribution in [1.29, 1.82) is 0 Å². The van der Waals surface area contributed by atoms with Gasteiger partial charge in [0, 0.05) is 23.9 Å². The highest BCUT2D eigenvalue weighted by molar-refractivity contribution is 5.92. The van der Waals surface area contributed by atoms with Gasteiger partial charge in [-0.05, 0) is 38.5 Å². The summed E-state index contributed by atoms with van der Waals surface area (Å²) in [5.74, 6) is 1.68. The third kappa shape index (κ3) is 2.15. The lowest BCUT2D eigenvalue weighted by molar-refractivity contribution is 0.393. The average Bonchev–Trinajstić information content (AvgIpc) is 3.00. The molecule has 3 N–H and O–H groups in total. The Morgan fingerprint density at radius 2 is 1.86 bits per heavy atom. The summed E-state index contributed by atoms with van der Waals surface area (Å²) in [7, 11) is 0. The van der Waals surface area contributed by atoms with Crippen molar-refractivity contribution in [2.45, 2.75) is 27.3 Å². The fourth-order valence-corrected chi connectivity index (χ4v) is 2.80. The maximum atomic E-state index is 9.50. The molecule has 3 aromatic rings. The summed E-state index contributed by atoms with van der Waals surface area (Å²) in [6.45, 7) is 6.63. The highest BCUT2D eigenvalue weighted by Crippen LogP contribution is 2.41. The normalized spacial score (nSPS) is 11.0. The van der Waals surface area contributed by atoms with E-state index in [1.165, 1.54) is 0 Å². The van der Waals surface area contributed by atoms with Crippen LogP contribution in [0.3, 0.4) is 0 Å². The first kappa shape index (κ1) is 14.3. The molecule has 2 heterocycles. The van der Waals surface area contributed by atoms with Gasteiger partial charge in [-0.2, -0.15) is 0 Å². The molecule has 22 heavy (non-hydrogen) atoms. The molecule has 0 spiro atoms. The molecule has 0 aliphatic rings. The van der Waals surface area contributed by atoms with E-state index in [0.29, 0.717) is 5.82 Å². The van der Waals surface area contributed by atoms with Crippen LogP contribution in [-0.4, -0.2) is 14.8 Å². The summed E-state index contributed by atoms with van der Waals surface area (Å²) >= 11 is 0. The van der Waals surface area contributed by atoms with E-state index in [9.17, 15) is 5.11 Å². The number of anilines is 1. The first-order chi connectivity index (χ1) is 10.5. The Bertz CT molecular complexity index is 794. The largest absolute Gasteiger partial charge is 0.508 e. The molecule has 0 saturated carbocycles. The molecule has 0 aliphatic carbocycles. The Balaban J connectivity index is 2.29. The topological polar surface area (TPSA) is 77.2 Å². The lowest BCUT2D eigenvalue weighted by atomic mass is 9.97. The highest BCUT2D eigenvalue weighted by atomic mass is 16.5. The highest BCUT2D eigenvalue weighted by Gasteiger charge is 2.22. The van der Waals surface area contributed by atoms with Crippen LogP contribution in [0.1, 0.15) is 18.4 Å². The van der Waals surface area contributed by atoms with Crippen molar-refractivity contribution in [3.63, 3.8) is 0 Å². The first-order valence-corrected chi connectivity index (χ1v) is 7.24. The van der Waals surface area contributed by atoms with Gasteiger partial charge in [0.15, 0.2) is 0 Å².